The summed E-state index contributed by atoms with van der Waals surface area (Å²) in [6, 6.07) is 15.4. The zero-order chi connectivity index (χ0) is 17.3. The normalized spacial score (nSPS) is 10.5. The number of carbonyl (C=O) groups excluding carboxylic acids is 1. The number of fused-ring (bicyclic) bond motifs is 1. The lowest BCUT2D eigenvalue weighted by atomic mass is 9.93. The van der Waals surface area contributed by atoms with Gasteiger partial charge in [0.15, 0.2) is 5.78 Å². The van der Waals surface area contributed by atoms with Crippen LogP contribution in [0.1, 0.15) is 36.6 Å². The molecule has 24 heavy (non-hydrogen) atoms. The molecule has 2 N–H and O–H groups in total. The third kappa shape index (κ3) is 2.75. The van der Waals surface area contributed by atoms with E-state index in [1.54, 1.807) is 30.3 Å². The van der Waals surface area contributed by atoms with Gasteiger partial charge in [0, 0.05) is 11.1 Å². The molecule has 118 valence electrons. The summed E-state index contributed by atoms with van der Waals surface area (Å²) in [5, 5.41) is 19.3. The second kappa shape index (κ2) is 5.96. The van der Waals surface area contributed by atoms with E-state index in [4.69, 9.17) is 5.11 Å². The molecule has 0 fully saturated rings. The van der Waals surface area contributed by atoms with Gasteiger partial charge in [0.25, 0.3) is 0 Å². The summed E-state index contributed by atoms with van der Waals surface area (Å²) in [4.78, 5) is 35.3. The van der Waals surface area contributed by atoms with E-state index in [0.717, 1.165) is 0 Å². The van der Waals surface area contributed by atoms with Crippen molar-refractivity contribution >= 4 is 28.5 Å². The van der Waals surface area contributed by atoms with E-state index in [-0.39, 0.29) is 22.5 Å². The minimum Gasteiger partial charge on any atom is -0.478 e. The third-order valence-corrected chi connectivity index (χ3v) is 3.73. The molecule has 3 rings (SSSR count). The summed E-state index contributed by atoms with van der Waals surface area (Å²) in [6.07, 6.45) is 0. The highest BCUT2D eigenvalue weighted by Crippen LogP contribution is 2.25. The predicted octanol–water partition coefficient (Wildman–Crippen LogP) is 3.47. The SMILES string of the molecule is O=C(O)c1cc(C(=O)c2ccccc2)c2cc(C(=O)O)ccc2c1. The molecule has 0 saturated carbocycles. The monoisotopic (exact) mass is 320 g/mol. The number of aromatic carboxylic acids is 2. The Morgan fingerprint density at radius 3 is 1.96 bits per heavy atom. The number of ketones is 1. The number of hydrogen-bond acceptors (Lipinski definition) is 3. The Morgan fingerprint density at radius 1 is 0.667 bits per heavy atom. The standard InChI is InChI=1S/C19H12O5/c20-17(11-4-2-1-3-5-11)16-10-14(19(23)24)8-12-6-7-13(18(21)22)9-15(12)16/h1-10H,(H,21,22)(H,23,24). The molecule has 0 unspecified atom stereocenters. The number of benzene rings is 3. The van der Waals surface area contributed by atoms with Crippen LogP contribution in [0.3, 0.4) is 0 Å². The summed E-state index contributed by atoms with van der Waals surface area (Å²) in [6.45, 7) is 0. The summed E-state index contributed by atoms with van der Waals surface area (Å²) >= 11 is 0. The Morgan fingerprint density at radius 2 is 1.33 bits per heavy atom. The van der Waals surface area contributed by atoms with E-state index in [0.29, 0.717) is 16.3 Å². The maximum atomic E-state index is 12.8. The molecule has 5 nitrogen and oxygen atoms in total. The Hall–Kier alpha value is -3.47. The molecule has 0 aromatic heterocycles. The number of carboxylic acids is 2. The van der Waals surface area contributed by atoms with Gasteiger partial charge < -0.3 is 10.2 Å². The first-order valence-corrected chi connectivity index (χ1v) is 7.11. The van der Waals surface area contributed by atoms with Gasteiger partial charge in [-0.25, -0.2) is 9.59 Å². The molecule has 0 aliphatic rings. The van der Waals surface area contributed by atoms with Crippen molar-refractivity contribution in [3.63, 3.8) is 0 Å². The molecule has 0 aliphatic heterocycles. The highest BCUT2D eigenvalue weighted by Gasteiger charge is 2.17. The maximum absolute atomic E-state index is 12.8. The first-order chi connectivity index (χ1) is 11.5. The van der Waals surface area contributed by atoms with Gasteiger partial charge in [0.05, 0.1) is 11.1 Å². The van der Waals surface area contributed by atoms with E-state index in [1.165, 1.54) is 30.3 Å². The second-order valence-corrected chi connectivity index (χ2v) is 5.27. The van der Waals surface area contributed by atoms with Crippen LogP contribution in [0, 0.1) is 0 Å². The number of rotatable bonds is 4. The summed E-state index contributed by atoms with van der Waals surface area (Å²) in [5.74, 6) is -2.62. The van der Waals surface area contributed by atoms with Crippen LogP contribution in [0.2, 0.25) is 0 Å². The fourth-order valence-electron chi connectivity index (χ4n) is 2.55. The van der Waals surface area contributed by atoms with Crippen molar-refractivity contribution in [2.45, 2.75) is 0 Å². The van der Waals surface area contributed by atoms with Crippen LogP contribution in [-0.4, -0.2) is 27.9 Å². The number of carbonyl (C=O) groups is 3. The molecule has 0 heterocycles. The molecule has 0 spiro atoms. The molecule has 0 radical (unpaired) electrons. The summed E-state index contributed by atoms with van der Waals surface area (Å²) in [5.41, 5.74) is 0.582. The lowest BCUT2D eigenvalue weighted by Gasteiger charge is -2.09. The molecule has 0 bridgehead atoms. The Labute approximate surface area is 136 Å². The average molecular weight is 320 g/mol. The fraction of sp³-hybridized carbons (Fsp3) is 0. The van der Waals surface area contributed by atoms with Crippen LogP contribution in [0.5, 0.6) is 0 Å². The van der Waals surface area contributed by atoms with Gasteiger partial charge in [-0.1, -0.05) is 36.4 Å². The molecule has 3 aromatic rings. The van der Waals surface area contributed by atoms with Gasteiger partial charge in [0.1, 0.15) is 0 Å². The molecule has 5 heteroatoms. The maximum Gasteiger partial charge on any atom is 0.335 e. The molecule has 0 amide bonds. The van der Waals surface area contributed by atoms with Crippen LogP contribution < -0.4 is 0 Å². The number of hydrogen-bond donors (Lipinski definition) is 2. The molecule has 0 atom stereocenters. The van der Waals surface area contributed by atoms with Crippen molar-refractivity contribution in [3.8, 4) is 0 Å². The Bertz CT molecular complexity index is 974. The van der Waals surface area contributed by atoms with Crippen LogP contribution in [-0.2, 0) is 0 Å². The summed E-state index contributed by atoms with van der Waals surface area (Å²) < 4.78 is 0. The average Bonchev–Trinajstić information content (AvgIpc) is 2.60. The smallest absolute Gasteiger partial charge is 0.335 e. The third-order valence-electron chi connectivity index (χ3n) is 3.73. The van der Waals surface area contributed by atoms with Crippen molar-refractivity contribution in [1.82, 2.24) is 0 Å². The molecule has 3 aromatic carbocycles. The van der Waals surface area contributed by atoms with E-state index in [2.05, 4.69) is 0 Å². The van der Waals surface area contributed by atoms with Gasteiger partial charge in [0.2, 0.25) is 0 Å². The lowest BCUT2D eigenvalue weighted by molar-refractivity contribution is 0.0685. The minimum atomic E-state index is -1.15. The van der Waals surface area contributed by atoms with Crippen LogP contribution in [0.25, 0.3) is 10.8 Å². The predicted molar refractivity (Wildman–Crippen MR) is 87.7 cm³/mol. The highest BCUT2D eigenvalue weighted by molar-refractivity contribution is 6.18. The van der Waals surface area contributed by atoms with Gasteiger partial charge >= 0.3 is 11.9 Å². The van der Waals surface area contributed by atoms with Gasteiger partial charge in [-0.2, -0.15) is 0 Å². The molecule has 0 saturated heterocycles. The lowest BCUT2D eigenvalue weighted by Crippen LogP contribution is -2.06. The minimum absolute atomic E-state index is 0.0233. The van der Waals surface area contributed by atoms with Gasteiger partial charge in [-0.3, -0.25) is 4.79 Å². The van der Waals surface area contributed by atoms with Crippen molar-refractivity contribution in [3.05, 3.63) is 82.9 Å². The molecule has 0 aliphatic carbocycles. The van der Waals surface area contributed by atoms with E-state index < -0.39 is 11.9 Å². The van der Waals surface area contributed by atoms with Gasteiger partial charge in [-0.05, 0) is 35.0 Å². The molecular weight excluding hydrogens is 308 g/mol. The first-order valence-electron chi connectivity index (χ1n) is 7.11. The quantitative estimate of drug-likeness (QED) is 0.718. The molecular formula is C19H12O5. The zero-order valence-electron chi connectivity index (χ0n) is 12.4. The first kappa shape index (κ1) is 15.4. The van der Waals surface area contributed by atoms with Gasteiger partial charge in [-0.15, -0.1) is 0 Å². The van der Waals surface area contributed by atoms with Crippen molar-refractivity contribution in [2.75, 3.05) is 0 Å². The van der Waals surface area contributed by atoms with Crippen LogP contribution in [0.15, 0.2) is 60.7 Å². The van der Waals surface area contributed by atoms with Crippen molar-refractivity contribution < 1.29 is 24.6 Å². The second-order valence-electron chi connectivity index (χ2n) is 5.27. The Balaban J connectivity index is 2.30. The van der Waals surface area contributed by atoms with E-state index in [1.807, 2.05) is 0 Å². The van der Waals surface area contributed by atoms with Crippen molar-refractivity contribution in [2.24, 2.45) is 0 Å². The van der Waals surface area contributed by atoms with E-state index in [9.17, 15) is 19.5 Å². The van der Waals surface area contributed by atoms with Crippen LogP contribution in [0.4, 0.5) is 0 Å². The fourth-order valence-corrected chi connectivity index (χ4v) is 2.55. The highest BCUT2D eigenvalue weighted by atomic mass is 16.4. The Kier molecular flexibility index (Phi) is 3.83. The van der Waals surface area contributed by atoms with E-state index >= 15 is 0 Å². The van der Waals surface area contributed by atoms with Crippen LogP contribution >= 0.6 is 0 Å². The summed E-state index contributed by atoms with van der Waals surface area (Å²) in [7, 11) is 0. The van der Waals surface area contributed by atoms with Crippen molar-refractivity contribution in [1.29, 1.82) is 0 Å². The largest absolute Gasteiger partial charge is 0.478 e. The number of carboxylic acid groups (broad SMARTS) is 2. The zero-order valence-corrected chi connectivity index (χ0v) is 12.4. The topological polar surface area (TPSA) is 91.7 Å².